The third kappa shape index (κ3) is 2.42. The molecule has 0 fully saturated rings. The maximum absolute atomic E-state index is 11.7. The highest BCUT2D eigenvalue weighted by Crippen LogP contribution is 2.44. The van der Waals surface area contributed by atoms with E-state index in [1.165, 1.54) is 0 Å². The van der Waals surface area contributed by atoms with Crippen LogP contribution in [-0.4, -0.2) is 4.92 Å². The van der Waals surface area contributed by atoms with Gasteiger partial charge in [-0.1, -0.05) is 29.8 Å². The molecule has 0 saturated heterocycles. The van der Waals surface area contributed by atoms with Gasteiger partial charge < -0.3 is 5.73 Å². The van der Waals surface area contributed by atoms with Crippen LogP contribution in [0.4, 0.5) is 11.4 Å². The van der Waals surface area contributed by atoms with Gasteiger partial charge >= 0.3 is 5.69 Å². The summed E-state index contributed by atoms with van der Waals surface area (Å²) < 4.78 is 0. The van der Waals surface area contributed by atoms with Crippen LogP contribution in [0.1, 0.15) is 35.1 Å². The first-order valence-corrected chi connectivity index (χ1v) is 7.63. The monoisotopic (exact) mass is 307 g/mol. The molecule has 5 nitrogen and oxygen atoms in total. The zero-order valence-electron chi connectivity index (χ0n) is 12.9. The highest BCUT2D eigenvalue weighted by Gasteiger charge is 2.31. The fraction of sp³-hybridized carbons (Fsp3) is 0.278. The molecule has 23 heavy (non-hydrogen) atoms. The first kappa shape index (κ1) is 15.0. The number of rotatable bonds is 2. The van der Waals surface area contributed by atoms with Gasteiger partial charge in [0, 0.05) is 0 Å². The van der Waals surface area contributed by atoms with Crippen molar-refractivity contribution in [3.63, 3.8) is 0 Å². The van der Waals surface area contributed by atoms with Crippen LogP contribution in [0.5, 0.6) is 0 Å². The third-order valence-corrected chi connectivity index (χ3v) is 4.47. The number of nitro groups is 1. The lowest BCUT2D eigenvalue weighted by Crippen LogP contribution is -2.12. The normalized spacial score (nSPS) is 13.2. The van der Waals surface area contributed by atoms with Gasteiger partial charge in [-0.15, -0.1) is 0 Å². The summed E-state index contributed by atoms with van der Waals surface area (Å²) >= 11 is 0. The predicted octanol–water partition coefficient (Wildman–Crippen LogP) is 3.90. The Kier molecular flexibility index (Phi) is 3.75. The fourth-order valence-electron chi connectivity index (χ4n) is 3.36. The number of anilines is 1. The Bertz CT molecular complexity index is 833. The molecule has 2 aromatic carbocycles. The molecule has 1 aliphatic rings. The number of nitrogens with zero attached hydrogens (tertiary/aromatic N) is 2. The molecular formula is C18H17N3O2. The summed E-state index contributed by atoms with van der Waals surface area (Å²) in [7, 11) is 0. The van der Waals surface area contributed by atoms with Gasteiger partial charge in [0.25, 0.3) is 0 Å². The van der Waals surface area contributed by atoms with Crippen LogP contribution in [0.15, 0.2) is 24.3 Å². The van der Waals surface area contributed by atoms with Crippen LogP contribution in [0.25, 0.3) is 11.1 Å². The number of benzene rings is 2. The summed E-state index contributed by atoms with van der Waals surface area (Å²) in [5.74, 6) is 0. The highest BCUT2D eigenvalue weighted by molar-refractivity contribution is 5.89. The molecular weight excluding hydrogens is 290 g/mol. The quantitative estimate of drug-likeness (QED) is 0.517. The van der Waals surface area contributed by atoms with Gasteiger partial charge in [-0.2, -0.15) is 5.26 Å². The van der Waals surface area contributed by atoms with E-state index in [4.69, 9.17) is 5.73 Å². The topological polar surface area (TPSA) is 93.0 Å². The van der Waals surface area contributed by atoms with Crippen LogP contribution < -0.4 is 5.73 Å². The fourth-order valence-corrected chi connectivity index (χ4v) is 3.36. The number of aryl methyl sites for hydroxylation is 1. The Morgan fingerprint density at radius 2 is 1.78 bits per heavy atom. The summed E-state index contributed by atoms with van der Waals surface area (Å²) in [5, 5.41) is 21.1. The predicted molar refractivity (Wildman–Crippen MR) is 89.0 cm³/mol. The molecule has 0 aromatic heterocycles. The van der Waals surface area contributed by atoms with Crippen LogP contribution in [0.3, 0.4) is 0 Å². The van der Waals surface area contributed by atoms with Crippen molar-refractivity contribution in [1.29, 1.82) is 5.26 Å². The number of nitrogens with two attached hydrogens (primary N) is 1. The van der Waals surface area contributed by atoms with Gasteiger partial charge in [0.1, 0.15) is 11.8 Å². The molecule has 116 valence electrons. The number of nitrogen functional groups attached to an aromatic ring is 1. The van der Waals surface area contributed by atoms with Crippen LogP contribution in [-0.2, 0) is 12.8 Å². The minimum absolute atomic E-state index is 0.00581. The lowest BCUT2D eigenvalue weighted by molar-refractivity contribution is -0.383. The molecule has 3 rings (SSSR count). The minimum Gasteiger partial charge on any atom is -0.392 e. The number of hydrogen-bond donors (Lipinski definition) is 1. The van der Waals surface area contributed by atoms with E-state index >= 15 is 0 Å². The Morgan fingerprint density at radius 3 is 2.35 bits per heavy atom. The zero-order valence-corrected chi connectivity index (χ0v) is 12.9. The Labute approximate surface area is 134 Å². The van der Waals surface area contributed by atoms with Gasteiger partial charge in [0.2, 0.25) is 0 Å². The minimum atomic E-state index is -0.458. The average Bonchev–Trinajstić information content (AvgIpc) is 2.54. The Morgan fingerprint density at radius 1 is 1.17 bits per heavy atom. The maximum atomic E-state index is 11.7. The van der Waals surface area contributed by atoms with E-state index in [1.54, 1.807) is 0 Å². The second kappa shape index (κ2) is 5.73. The highest BCUT2D eigenvalue weighted by atomic mass is 16.6. The summed E-state index contributed by atoms with van der Waals surface area (Å²) in [4.78, 5) is 11.2. The number of nitriles is 1. The first-order valence-electron chi connectivity index (χ1n) is 7.63. The van der Waals surface area contributed by atoms with E-state index in [0.29, 0.717) is 5.56 Å². The summed E-state index contributed by atoms with van der Waals surface area (Å²) in [5.41, 5.74) is 10.4. The smallest absolute Gasteiger partial charge is 0.301 e. The van der Waals surface area contributed by atoms with E-state index < -0.39 is 4.92 Å². The molecule has 1 aliphatic carbocycles. The van der Waals surface area contributed by atoms with Crippen molar-refractivity contribution in [3.05, 3.63) is 56.6 Å². The molecule has 0 radical (unpaired) electrons. The van der Waals surface area contributed by atoms with E-state index in [0.717, 1.165) is 47.9 Å². The van der Waals surface area contributed by atoms with Crippen LogP contribution in [0.2, 0.25) is 0 Å². The van der Waals surface area contributed by atoms with Crippen molar-refractivity contribution >= 4 is 11.4 Å². The molecule has 5 heteroatoms. The van der Waals surface area contributed by atoms with Crippen LogP contribution in [0, 0.1) is 28.4 Å². The van der Waals surface area contributed by atoms with Crippen molar-refractivity contribution in [1.82, 2.24) is 0 Å². The Hall–Kier alpha value is -2.87. The lowest BCUT2D eigenvalue weighted by Gasteiger charge is -2.22. The molecule has 0 amide bonds. The maximum Gasteiger partial charge on any atom is 0.301 e. The number of hydrogen-bond acceptors (Lipinski definition) is 4. The largest absolute Gasteiger partial charge is 0.392 e. The van der Waals surface area contributed by atoms with E-state index in [2.05, 4.69) is 6.07 Å². The molecule has 2 N–H and O–H groups in total. The second-order valence-electron chi connectivity index (χ2n) is 5.91. The summed E-state index contributed by atoms with van der Waals surface area (Å²) in [6, 6.07) is 9.72. The third-order valence-electron chi connectivity index (χ3n) is 4.47. The number of fused-ring (bicyclic) bond motifs is 1. The van der Waals surface area contributed by atoms with Crippen molar-refractivity contribution in [2.24, 2.45) is 0 Å². The molecule has 0 saturated carbocycles. The molecule has 0 bridgehead atoms. The van der Waals surface area contributed by atoms with E-state index in [9.17, 15) is 15.4 Å². The molecule has 0 aliphatic heterocycles. The standard InChI is InChI=1S/C18H17N3O2/c1-11-6-8-12(9-7-11)16-14-5-3-2-4-13(14)15(10-19)17(20)18(16)21(22)23/h6-9H,2-5,20H2,1H3. The summed E-state index contributed by atoms with van der Waals surface area (Å²) in [6.07, 6.45) is 3.44. The lowest BCUT2D eigenvalue weighted by atomic mass is 9.81. The Balaban J connectivity index is 2.41. The van der Waals surface area contributed by atoms with Gasteiger partial charge in [0.15, 0.2) is 0 Å². The van der Waals surface area contributed by atoms with E-state index in [1.807, 2.05) is 31.2 Å². The van der Waals surface area contributed by atoms with Gasteiger partial charge in [-0.25, -0.2) is 0 Å². The van der Waals surface area contributed by atoms with Gasteiger partial charge in [0.05, 0.1) is 16.1 Å². The first-order chi connectivity index (χ1) is 11.0. The molecule has 0 heterocycles. The number of nitro benzene ring substituents is 1. The average molecular weight is 307 g/mol. The molecule has 0 unspecified atom stereocenters. The summed E-state index contributed by atoms with van der Waals surface area (Å²) in [6.45, 7) is 1.97. The van der Waals surface area contributed by atoms with Gasteiger partial charge in [-0.05, 0) is 49.3 Å². The molecule has 0 atom stereocenters. The van der Waals surface area contributed by atoms with Crippen molar-refractivity contribution in [2.45, 2.75) is 32.6 Å². The zero-order chi connectivity index (χ0) is 16.6. The van der Waals surface area contributed by atoms with Crippen molar-refractivity contribution in [2.75, 3.05) is 5.73 Å². The van der Waals surface area contributed by atoms with Crippen molar-refractivity contribution in [3.8, 4) is 17.2 Å². The van der Waals surface area contributed by atoms with Crippen LogP contribution >= 0.6 is 0 Å². The van der Waals surface area contributed by atoms with Gasteiger partial charge in [-0.3, -0.25) is 10.1 Å². The molecule has 2 aromatic rings. The van der Waals surface area contributed by atoms with Crippen molar-refractivity contribution < 1.29 is 4.92 Å². The molecule has 0 spiro atoms. The second-order valence-corrected chi connectivity index (χ2v) is 5.91. The SMILES string of the molecule is Cc1ccc(-c2c3c(c(C#N)c(N)c2[N+](=O)[O-])CCCC3)cc1. The van der Waals surface area contributed by atoms with E-state index in [-0.39, 0.29) is 16.9 Å².